The molecule has 1 saturated heterocycles. The smallest absolute Gasteiger partial charge is 0.318 e. The van der Waals surface area contributed by atoms with Gasteiger partial charge in [-0.1, -0.05) is 6.07 Å². The SMILES string of the molecule is CC(Cn1ccnc1)NC(=O)N1CCCC1c1ccc2c(c1)OCCO2. The van der Waals surface area contributed by atoms with Gasteiger partial charge >= 0.3 is 6.03 Å². The van der Waals surface area contributed by atoms with E-state index in [9.17, 15) is 4.79 Å². The Morgan fingerprint density at radius 3 is 3.00 bits per heavy atom. The van der Waals surface area contributed by atoms with Crippen LogP contribution >= 0.6 is 0 Å². The first-order valence-electron chi connectivity index (χ1n) is 9.13. The lowest BCUT2D eigenvalue weighted by molar-refractivity contribution is 0.170. The molecular weight excluding hydrogens is 332 g/mol. The first-order chi connectivity index (χ1) is 12.7. The molecule has 2 amide bonds. The molecule has 4 rings (SSSR count). The number of rotatable bonds is 4. The van der Waals surface area contributed by atoms with Gasteiger partial charge in [-0.05, 0) is 37.5 Å². The summed E-state index contributed by atoms with van der Waals surface area (Å²) in [5, 5.41) is 3.10. The molecule has 1 aromatic carbocycles. The van der Waals surface area contributed by atoms with E-state index in [1.807, 2.05) is 40.8 Å². The van der Waals surface area contributed by atoms with Gasteiger partial charge in [0.2, 0.25) is 0 Å². The lowest BCUT2D eigenvalue weighted by Gasteiger charge is -2.28. The molecule has 2 unspecified atom stereocenters. The molecule has 0 aliphatic carbocycles. The number of urea groups is 1. The average Bonchev–Trinajstić information content (AvgIpc) is 3.32. The molecule has 0 radical (unpaired) electrons. The quantitative estimate of drug-likeness (QED) is 0.914. The Hall–Kier alpha value is -2.70. The average molecular weight is 356 g/mol. The van der Waals surface area contributed by atoms with E-state index >= 15 is 0 Å². The lowest BCUT2D eigenvalue weighted by atomic mass is 10.0. The summed E-state index contributed by atoms with van der Waals surface area (Å²) >= 11 is 0. The first-order valence-corrected chi connectivity index (χ1v) is 9.13. The van der Waals surface area contributed by atoms with E-state index in [0.29, 0.717) is 19.8 Å². The number of carbonyl (C=O) groups is 1. The van der Waals surface area contributed by atoms with Gasteiger partial charge in [0.15, 0.2) is 11.5 Å². The maximum atomic E-state index is 12.8. The van der Waals surface area contributed by atoms with Gasteiger partial charge in [-0.3, -0.25) is 0 Å². The van der Waals surface area contributed by atoms with Crippen molar-refractivity contribution in [1.29, 1.82) is 0 Å². The Labute approximate surface area is 152 Å². The monoisotopic (exact) mass is 356 g/mol. The summed E-state index contributed by atoms with van der Waals surface area (Å²) < 4.78 is 13.2. The molecule has 1 fully saturated rings. The van der Waals surface area contributed by atoms with Crippen LogP contribution in [0.25, 0.3) is 0 Å². The predicted octanol–water partition coefficient (Wildman–Crippen LogP) is 2.59. The van der Waals surface area contributed by atoms with Crippen LogP contribution in [0.2, 0.25) is 0 Å². The van der Waals surface area contributed by atoms with E-state index in [0.717, 1.165) is 36.4 Å². The van der Waals surface area contributed by atoms with Crippen LogP contribution in [0.15, 0.2) is 36.9 Å². The second-order valence-electron chi connectivity index (χ2n) is 6.86. The minimum absolute atomic E-state index is 0.0185. The van der Waals surface area contributed by atoms with Gasteiger partial charge in [-0.2, -0.15) is 0 Å². The molecule has 2 atom stereocenters. The summed E-state index contributed by atoms with van der Waals surface area (Å²) in [6.07, 6.45) is 7.37. The first kappa shape index (κ1) is 16.8. The second kappa shape index (κ2) is 7.27. The fourth-order valence-electron chi connectivity index (χ4n) is 3.67. The van der Waals surface area contributed by atoms with E-state index in [2.05, 4.69) is 10.3 Å². The number of ether oxygens (including phenoxy) is 2. The molecule has 26 heavy (non-hydrogen) atoms. The maximum absolute atomic E-state index is 12.8. The summed E-state index contributed by atoms with van der Waals surface area (Å²) in [7, 11) is 0. The number of imidazole rings is 1. The standard InChI is InChI=1S/C19H24N4O3/c1-14(12-22-8-6-20-13-22)21-19(24)23-7-2-3-16(23)15-4-5-17-18(11-15)26-10-9-25-17/h4-6,8,11,13-14,16H,2-3,7,9-10,12H2,1H3,(H,21,24). The number of benzene rings is 1. The highest BCUT2D eigenvalue weighted by molar-refractivity contribution is 5.75. The van der Waals surface area contributed by atoms with Crippen LogP contribution < -0.4 is 14.8 Å². The van der Waals surface area contributed by atoms with E-state index in [4.69, 9.17) is 9.47 Å². The topological polar surface area (TPSA) is 68.6 Å². The zero-order valence-electron chi connectivity index (χ0n) is 14.9. The van der Waals surface area contributed by atoms with Gasteiger partial charge in [0.1, 0.15) is 13.2 Å². The number of carbonyl (C=O) groups excluding carboxylic acids is 1. The third kappa shape index (κ3) is 3.47. The summed E-state index contributed by atoms with van der Waals surface area (Å²) in [6.45, 7) is 4.63. The van der Waals surface area contributed by atoms with E-state index < -0.39 is 0 Å². The zero-order chi connectivity index (χ0) is 17.9. The Bertz CT molecular complexity index is 762. The third-order valence-electron chi connectivity index (χ3n) is 4.88. The van der Waals surface area contributed by atoms with Crippen LogP contribution in [-0.2, 0) is 6.54 Å². The Balaban J connectivity index is 1.43. The highest BCUT2D eigenvalue weighted by Gasteiger charge is 2.31. The third-order valence-corrected chi connectivity index (χ3v) is 4.88. The van der Waals surface area contributed by atoms with Crippen molar-refractivity contribution < 1.29 is 14.3 Å². The van der Waals surface area contributed by atoms with Crippen LogP contribution in [0.1, 0.15) is 31.4 Å². The van der Waals surface area contributed by atoms with Crippen LogP contribution in [-0.4, -0.2) is 46.3 Å². The number of hydrogen-bond donors (Lipinski definition) is 1. The van der Waals surface area contributed by atoms with Crippen molar-refractivity contribution in [2.45, 2.75) is 38.4 Å². The number of aromatic nitrogens is 2. The largest absolute Gasteiger partial charge is 0.486 e. The molecule has 3 heterocycles. The summed E-state index contributed by atoms with van der Waals surface area (Å²) in [5.41, 5.74) is 1.10. The molecule has 0 saturated carbocycles. The Morgan fingerprint density at radius 2 is 2.19 bits per heavy atom. The fourth-order valence-corrected chi connectivity index (χ4v) is 3.67. The molecular formula is C19H24N4O3. The predicted molar refractivity (Wildman–Crippen MR) is 96.3 cm³/mol. The van der Waals surface area contributed by atoms with E-state index in [-0.39, 0.29) is 18.1 Å². The molecule has 7 nitrogen and oxygen atoms in total. The van der Waals surface area contributed by atoms with Crippen LogP contribution in [0.5, 0.6) is 11.5 Å². The van der Waals surface area contributed by atoms with Crippen molar-refractivity contribution in [3.05, 3.63) is 42.5 Å². The van der Waals surface area contributed by atoms with Gasteiger partial charge in [-0.25, -0.2) is 9.78 Å². The fraction of sp³-hybridized carbons (Fsp3) is 0.474. The molecule has 0 spiro atoms. The summed E-state index contributed by atoms with van der Waals surface area (Å²) in [6, 6.07) is 6.08. The number of likely N-dealkylation sites (tertiary alicyclic amines) is 1. The molecule has 1 N–H and O–H groups in total. The van der Waals surface area contributed by atoms with Gasteiger partial charge in [0.25, 0.3) is 0 Å². The number of nitrogens with zero attached hydrogens (tertiary/aromatic N) is 3. The molecule has 7 heteroatoms. The van der Waals surface area contributed by atoms with Crippen molar-refractivity contribution in [3.63, 3.8) is 0 Å². The molecule has 2 aliphatic heterocycles. The molecule has 2 aliphatic rings. The van der Waals surface area contributed by atoms with Crippen molar-refractivity contribution in [1.82, 2.24) is 19.8 Å². The van der Waals surface area contributed by atoms with Crippen molar-refractivity contribution >= 4 is 6.03 Å². The second-order valence-corrected chi connectivity index (χ2v) is 6.86. The summed E-state index contributed by atoms with van der Waals surface area (Å²) in [5.74, 6) is 1.55. The van der Waals surface area contributed by atoms with E-state index in [1.165, 1.54) is 0 Å². The molecule has 0 bridgehead atoms. The van der Waals surface area contributed by atoms with Gasteiger partial charge in [0, 0.05) is 31.5 Å². The van der Waals surface area contributed by atoms with Gasteiger partial charge in [0.05, 0.1) is 12.4 Å². The highest BCUT2D eigenvalue weighted by Crippen LogP contribution is 2.38. The lowest BCUT2D eigenvalue weighted by Crippen LogP contribution is -2.44. The van der Waals surface area contributed by atoms with Crippen LogP contribution in [0.4, 0.5) is 4.79 Å². The zero-order valence-corrected chi connectivity index (χ0v) is 14.9. The molecule has 1 aromatic heterocycles. The molecule has 2 aromatic rings. The van der Waals surface area contributed by atoms with Gasteiger partial charge in [-0.15, -0.1) is 0 Å². The Morgan fingerprint density at radius 1 is 1.35 bits per heavy atom. The minimum atomic E-state index is -0.0185. The van der Waals surface area contributed by atoms with Crippen molar-refractivity contribution in [2.75, 3.05) is 19.8 Å². The highest BCUT2D eigenvalue weighted by atomic mass is 16.6. The Kier molecular flexibility index (Phi) is 4.69. The molecule has 138 valence electrons. The maximum Gasteiger partial charge on any atom is 0.318 e. The van der Waals surface area contributed by atoms with Gasteiger partial charge < -0.3 is 24.3 Å². The number of amides is 2. The van der Waals surface area contributed by atoms with E-state index in [1.54, 1.807) is 12.5 Å². The van der Waals surface area contributed by atoms with Crippen LogP contribution in [0.3, 0.4) is 0 Å². The van der Waals surface area contributed by atoms with Crippen molar-refractivity contribution in [2.24, 2.45) is 0 Å². The number of nitrogens with one attached hydrogen (secondary N) is 1. The summed E-state index contributed by atoms with van der Waals surface area (Å²) in [4.78, 5) is 18.8. The van der Waals surface area contributed by atoms with Crippen LogP contribution in [0, 0.1) is 0 Å². The number of hydrogen-bond acceptors (Lipinski definition) is 4. The minimum Gasteiger partial charge on any atom is -0.486 e. The van der Waals surface area contributed by atoms with Crippen molar-refractivity contribution in [3.8, 4) is 11.5 Å². The normalized spacial score (nSPS) is 20.0. The number of fused-ring (bicyclic) bond motifs is 1.